The summed E-state index contributed by atoms with van der Waals surface area (Å²) in [6.07, 6.45) is -2.95. The monoisotopic (exact) mass is 386 g/mol. The minimum absolute atomic E-state index is 0. The van der Waals surface area contributed by atoms with Gasteiger partial charge in [-0.1, -0.05) is 6.07 Å². The van der Waals surface area contributed by atoms with Gasteiger partial charge in [0.05, 0.1) is 6.42 Å². The van der Waals surface area contributed by atoms with Gasteiger partial charge in [-0.15, -0.1) is 5.75 Å². The van der Waals surface area contributed by atoms with E-state index >= 15 is 0 Å². The van der Waals surface area contributed by atoms with Crippen molar-refractivity contribution < 1.29 is 91.6 Å². The van der Waals surface area contributed by atoms with Gasteiger partial charge in [0, 0.05) is 11.5 Å². The molecule has 132 valence electrons. The van der Waals surface area contributed by atoms with Crippen LogP contribution in [0.1, 0.15) is 29.6 Å². The van der Waals surface area contributed by atoms with Gasteiger partial charge in [-0.2, -0.15) is 0 Å². The number of benzene rings is 2. The van der Waals surface area contributed by atoms with Crippen LogP contribution in [0.15, 0.2) is 30.3 Å². The third-order valence-electron chi connectivity index (χ3n) is 4.16. The predicted molar refractivity (Wildman–Crippen MR) is 81.7 cm³/mol. The molecule has 1 heterocycles. The van der Waals surface area contributed by atoms with E-state index in [1.54, 1.807) is 0 Å². The summed E-state index contributed by atoms with van der Waals surface area (Å²) in [6, 6.07) is 5.79. The molecule has 9 heteroatoms. The molecule has 0 fully saturated rings. The second kappa shape index (κ2) is 8.03. The Morgan fingerprint density at radius 2 is 1.77 bits per heavy atom. The minimum Gasteiger partial charge on any atom is -0.872 e. The first-order valence-electron chi connectivity index (χ1n) is 7.40. The Morgan fingerprint density at radius 3 is 2.38 bits per heavy atom. The molecule has 0 radical (unpaired) electrons. The average Bonchev–Trinajstić information content (AvgIpc) is 2.52. The number of hydrogen-bond acceptors (Lipinski definition) is 7. The summed E-state index contributed by atoms with van der Waals surface area (Å²) in [5.41, 5.74) is 0.327. The van der Waals surface area contributed by atoms with Crippen LogP contribution in [0.2, 0.25) is 0 Å². The Labute approximate surface area is 190 Å². The van der Waals surface area contributed by atoms with Crippen molar-refractivity contribution in [3.8, 4) is 28.7 Å². The normalized spacial score (nSPS) is 21.2. The van der Waals surface area contributed by atoms with E-state index < -0.39 is 47.8 Å². The number of aliphatic hydroxyl groups excluding tert-OH is 1. The smallest absolute Gasteiger partial charge is 0.872 e. The van der Waals surface area contributed by atoms with Crippen molar-refractivity contribution in [2.75, 3.05) is 0 Å². The molecule has 0 aliphatic carbocycles. The van der Waals surface area contributed by atoms with Gasteiger partial charge in [0.25, 0.3) is 0 Å². The summed E-state index contributed by atoms with van der Waals surface area (Å²) in [5, 5.41) is 60.4. The number of phenols is 3. The summed E-state index contributed by atoms with van der Waals surface area (Å²) >= 11 is 0. The molecule has 1 aliphatic rings. The maximum atomic E-state index is 11.6. The van der Waals surface area contributed by atoms with Crippen LogP contribution in [0.4, 0.5) is 0 Å². The van der Waals surface area contributed by atoms with Crippen LogP contribution in [0, 0.1) is 0 Å². The summed E-state index contributed by atoms with van der Waals surface area (Å²) in [5.74, 6) is -4.03. The number of phenolic OH excluding ortho intramolecular Hbond substituents is 3. The Morgan fingerprint density at radius 1 is 1.08 bits per heavy atom. The average molecular weight is 386 g/mol. The second-order valence-corrected chi connectivity index (χ2v) is 5.84. The molecule has 8 nitrogen and oxygen atoms in total. The molecule has 3 atom stereocenters. The molecule has 3 rings (SSSR count). The van der Waals surface area contributed by atoms with E-state index in [0.29, 0.717) is 0 Å². The maximum Gasteiger partial charge on any atom is 1.00 e. The zero-order valence-corrected chi connectivity index (χ0v) is 16.9. The van der Waals surface area contributed by atoms with Crippen LogP contribution in [0.3, 0.4) is 0 Å². The molecule has 0 saturated heterocycles. The van der Waals surface area contributed by atoms with Crippen molar-refractivity contribution in [2.24, 2.45) is 0 Å². The van der Waals surface area contributed by atoms with Crippen LogP contribution >= 0.6 is 0 Å². The van der Waals surface area contributed by atoms with E-state index in [2.05, 4.69) is 0 Å². The molecule has 2 aromatic rings. The fourth-order valence-electron chi connectivity index (χ4n) is 3.04. The van der Waals surface area contributed by atoms with Gasteiger partial charge in [0.1, 0.15) is 17.6 Å². The van der Waals surface area contributed by atoms with Gasteiger partial charge in [0.2, 0.25) is 0 Å². The Hall–Kier alpha value is -1.49. The third-order valence-corrected chi connectivity index (χ3v) is 4.16. The first-order chi connectivity index (χ1) is 11.8. The van der Waals surface area contributed by atoms with Gasteiger partial charge in [-0.25, -0.2) is 0 Å². The zero-order chi connectivity index (χ0) is 18.3. The number of rotatable bonds is 3. The van der Waals surface area contributed by atoms with E-state index in [9.17, 15) is 30.3 Å². The third kappa shape index (κ3) is 3.92. The van der Waals surface area contributed by atoms with E-state index in [1.165, 1.54) is 18.2 Å². The van der Waals surface area contributed by atoms with Crippen molar-refractivity contribution in [3.05, 3.63) is 41.5 Å². The topological polar surface area (TPSA) is 151 Å². The maximum absolute atomic E-state index is 11.6. The molecule has 0 amide bonds. The van der Waals surface area contributed by atoms with Crippen molar-refractivity contribution >= 4 is 5.97 Å². The fourth-order valence-corrected chi connectivity index (χ4v) is 3.04. The zero-order valence-electron chi connectivity index (χ0n) is 13.8. The molecule has 5 N–H and O–H groups in total. The minimum atomic E-state index is -1.36. The van der Waals surface area contributed by atoms with Crippen molar-refractivity contribution in [1.29, 1.82) is 0 Å². The Bertz CT molecular complexity index is 838. The summed E-state index contributed by atoms with van der Waals surface area (Å²) in [6.45, 7) is 0. The molecule has 0 aromatic heterocycles. The number of ether oxygens (including phenoxy) is 1. The van der Waals surface area contributed by atoms with Crippen molar-refractivity contribution in [3.63, 3.8) is 0 Å². The number of aliphatic hydroxyl groups is 1. The fraction of sp³-hybridized carbons (Fsp3) is 0.235. The SMILES string of the molecule is O=C(O)C[C@H]1c2c(O)cc([O-])cc2O[C@H](c2ccc(O)c(O)c2)[C@@H]1O.[K+]. The largest absolute Gasteiger partial charge is 1.00 e. The van der Waals surface area contributed by atoms with Crippen LogP contribution in [-0.2, 0) is 4.79 Å². The van der Waals surface area contributed by atoms with Crippen LogP contribution in [-0.4, -0.2) is 37.6 Å². The number of hydrogen-bond donors (Lipinski definition) is 5. The molecule has 0 spiro atoms. The molecule has 26 heavy (non-hydrogen) atoms. The number of carboxylic acid groups (broad SMARTS) is 1. The number of carbonyl (C=O) groups is 1. The first kappa shape index (κ1) is 20.8. The van der Waals surface area contributed by atoms with Gasteiger partial charge in [-0.3, -0.25) is 4.79 Å². The van der Waals surface area contributed by atoms with Crippen molar-refractivity contribution in [1.82, 2.24) is 0 Å². The van der Waals surface area contributed by atoms with Gasteiger partial charge >= 0.3 is 57.4 Å². The predicted octanol–water partition coefficient (Wildman–Crippen LogP) is -2.07. The van der Waals surface area contributed by atoms with E-state index in [4.69, 9.17) is 9.84 Å². The summed E-state index contributed by atoms with van der Waals surface area (Å²) < 4.78 is 5.60. The molecule has 2 aromatic carbocycles. The molecule has 0 saturated carbocycles. The molecular formula is C17H15KO8. The Balaban J connectivity index is 0.00000243. The number of aromatic hydroxyl groups is 3. The van der Waals surface area contributed by atoms with Crippen molar-refractivity contribution in [2.45, 2.75) is 24.5 Å². The standard InChI is InChI=1S/C17H16O8.K/c18-8-4-12(21)15-9(6-14(22)23)16(24)17(25-13(15)5-8)7-1-2-10(19)11(20)3-7;/h1-5,9,16-21,24H,6H2,(H,22,23);/q;+1/p-1/t9-,16+,17+;/m0./s1. The molecule has 1 aliphatic heterocycles. The van der Waals surface area contributed by atoms with E-state index in [-0.39, 0.29) is 74.0 Å². The molecular weight excluding hydrogens is 371 g/mol. The molecule has 0 unspecified atom stereocenters. The molecule has 0 bridgehead atoms. The van der Waals surface area contributed by atoms with Crippen LogP contribution in [0.25, 0.3) is 0 Å². The van der Waals surface area contributed by atoms with E-state index in [0.717, 1.165) is 12.1 Å². The first-order valence-corrected chi connectivity index (χ1v) is 7.40. The number of fused-ring (bicyclic) bond motifs is 1. The van der Waals surface area contributed by atoms with Gasteiger partial charge in [-0.05, 0) is 29.8 Å². The van der Waals surface area contributed by atoms with Gasteiger partial charge in [0.15, 0.2) is 17.6 Å². The number of carboxylic acids is 1. The summed E-state index contributed by atoms with van der Waals surface area (Å²) in [4.78, 5) is 11.2. The van der Waals surface area contributed by atoms with E-state index in [1.807, 2.05) is 0 Å². The Kier molecular flexibility index (Phi) is 6.43. The quantitative estimate of drug-likeness (QED) is 0.298. The summed E-state index contributed by atoms with van der Waals surface area (Å²) in [7, 11) is 0. The second-order valence-electron chi connectivity index (χ2n) is 5.84. The van der Waals surface area contributed by atoms with Crippen LogP contribution < -0.4 is 61.2 Å². The number of aliphatic carboxylic acids is 1. The van der Waals surface area contributed by atoms with Crippen LogP contribution in [0.5, 0.6) is 28.7 Å². The van der Waals surface area contributed by atoms with Gasteiger partial charge < -0.3 is 35.4 Å².